The monoisotopic (exact) mass is 253 g/mol. The smallest absolute Gasteiger partial charge is 0.250 e. The first-order chi connectivity index (χ1) is 8.78. The lowest BCUT2D eigenvalue weighted by atomic mass is 10.5. The highest BCUT2D eigenvalue weighted by Gasteiger charge is 2.28. The Balaban J connectivity index is 1.81. The molecule has 1 aliphatic heterocycles. The second-order valence-corrected chi connectivity index (χ2v) is 3.62. The predicted octanol–water partition coefficient (Wildman–Crippen LogP) is -1.47. The molecule has 0 spiro atoms. The van der Waals surface area contributed by atoms with Crippen LogP contribution in [-0.4, -0.2) is 50.6 Å². The van der Waals surface area contributed by atoms with Crippen molar-refractivity contribution in [2.45, 2.75) is 12.6 Å². The Bertz CT molecular complexity index is 559. The fourth-order valence-electron chi connectivity index (χ4n) is 1.62. The first-order valence-electron chi connectivity index (χ1n) is 5.26. The Morgan fingerprint density at radius 3 is 3.17 bits per heavy atom. The van der Waals surface area contributed by atoms with Crippen LogP contribution in [0.15, 0.2) is 12.7 Å². The van der Waals surface area contributed by atoms with Crippen LogP contribution in [-0.2, 0) is 9.47 Å². The van der Waals surface area contributed by atoms with E-state index in [0.717, 1.165) is 0 Å². The van der Waals surface area contributed by atoms with Gasteiger partial charge < -0.3 is 25.2 Å². The normalized spacial score (nSPS) is 23.6. The van der Waals surface area contributed by atoms with E-state index in [9.17, 15) is 0 Å². The van der Waals surface area contributed by atoms with Crippen LogP contribution in [0.2, 0.25) is 0 Å². The van der Waals surface area contributed by atoms with Gasteiger partial charge in [0.2, 0.25) is 5.65 Å². The van der Waals surface area contributed by atoms with Crippen molar-refractivity contribution < 1.29 is 19.4 Å². The van der Waals surface area contributed by atoms with Crippen molar-refractivity contribution in [2.75, 3.05) is 18.9 Å². The average molecular weight is 253 g/mol. The molecule has 2 aromatic heterocycles. The molecule has 1 unspecified atom stereocenters. The Hall–Kier alpha value is -1.97. The molecule has 9 nitrogen and oxygen atoms in total. The first-order valence-corrected chi connectivity index (χ1v) is 5.26. The van der Waals surface area contributed by atoms with E-state index < -0.39 is 12.6 Å². The van der Waals surface area contributed by atoms with Crippen molar-refractivity contribution in [1.82, 2.24) is 19.7 Å². The van der Waals surface area contributed by atoms with Crippen molar-refractivity contribution in [3.05, 3.63) is 12.7 Å². The van der Waals surface area contributed by atoms with Crippen molar-refractivity contribution in [2.24, 2.45) is 0 Å². The molecular weight excluding hydrogens is 242 g/mol. The molecule has 18 heavy (non-hydrogen) atoms. The molecule has 0 amide bonds. The molecule has 2 atom stereocenters. The number of aliphatic hydroxyl groups is 1. The van der Waals surface area contributed by atoms with Gasteiger partial charge in [0.05, 0.1) is 6.61 Å². The summed E-state index contributed by atoms with van der Waals surface area (Å²) in [5.41, 5.74) is 6.55. The summed E-state index contributed by atoms with van der Waals surface area (Å²) in [6, 6.07) is 0. The molecule has 0 aromatic carbocycles. The zero-order valence-corrected chi connectivity index (χ0v) is 9.26. The van der Waals surface area contributed by atoms with E-state index in [1.54, 1.807) is 0 Å². The molecule has 1 aliphatic rings. The van der Waals surface area contributed by atoms with Gasteiger partial charge in [-0.25, -0.2) is 15.0 Å². The minimum Gasteiger partial charge on any atom is -0.391 e. The number of imidazole rings is 1. The molecule has 9 heteroatoms. The number of nitrogen functional groups attached to an aromatic ring is 1. The fraction of sp³-hybridized carbons (Fsp3) is 0.444. The third-order valence-corrected chi connectivity index (χ3v) is 2.43. The third kappa shape index (κ3) is 1.83. The second-order valence-electron chi connectivity index (χ2n) is 3.62. The van der Waals surface area contributed by atoms with Gasteiger partial charge in [0.15, 0.2) is 17.6 Å². The number of anilines is 1. The molecule has 0 saturated carbocycles. The average Bonchev–Trinajstić information content (AvgIpc) is 2.98. The summed E-state index contributed by atoms with van der Waals surface area (Å²) < 4.78 is 11.7. The standard InChI is InChI=1S/C9H11N5O4/c10-8-7-9(12-3-11-8)14(4-13-7)18-6-2-16-5(1-15)17-6/h3-6,15H,1-2H2,(H2,10,11,12)/t5?,6-/m0/s1. The van der Waals surface area contributed by atoms with Crippen LogP contribution in [0, 0.1) is 0 Å². The van der Waals surface area contributed by atoms with Crippen LogP contribution >= 0.6 is 0 Å². The van der Waals surface area contributed by atoms with E-state index in [4.69, 9.17) is 25.2 Å². The number of rotatable bonds is 3. The van der Waals surface area contributed by atoms with Crippen LogP contribution in [0.5, 0.6) is 0 Å². The number of hydrogen-bond donors (Lipinski definition) is 2. The highest BCUT2D eigenvalue weighted by molar-refractivity contribution is 5.80. The van der Waals surface area contributed by atoms with E-state index >= 15 is 0 Å². The molecule has 96 valence electrons. The Kier molecular flexibility index (Phi) is 2.70. The summed E-state index contributed by atoms with van der Waals surface area (Å²) in [6.07, 6.45) is 1.45. The minimum absolute atomic E-state index is 0.214. The zero-order valence-electron chi connectivity index (χ0n) is 9.26. The SMILES string of the molecule is Nc1ncnc2c1ncn2O[C@H]1COC(CO)O1. The van der Waals surface area contributed by atoms with Crippen molar-refractivity contribution in [1.29, 1.82) is 0 Å². The molecule has 0 radical (unpaired) electrons. The minimum atomic E-state index is -0.663. The summed E-state index contributed by atoms with van der Waals surface area (Å²) >= 11 is 0. The zero-order chi connectivity index (χ0) is 12.5. The molecule has 3 rings (SSSR count). The molecule has 2 aromatic rings. The number of nitrogens with zero attached hydrogens (tertiary/aromatic N) is 4. The lowest BCUT2D eigenvalue weighted by Crippen LogP contribution is -2.27. The molecule has 1 fully saturated rings. The highest BCUT2D eigenvalue weighted by Crippen LogP contribution is 2.15. The van der Waals surface area contributed by atoms with Crippen molar-refractivity contribution in [3.63, 3.8) is 0 Å². The summed E-state index contributed by atoms with van der Waals surface area (Å²) in [4.78, 5) is 17.4. The van der Waals surface area contributed by atoms with Crippen LogP contribution in [0.4, 0.5) is 5.82 Å². The van der Waals surface area contributed by atoms with Gasteiger partial charge in [-0.3, -0.25) is 0 Å². The number of aromatic nitrogens is 4. The van der Waals surface area contributed by atoms with Crippen molar-refractivity contribution >= 4 is 17.0 Å². The van der Waals surface area contributed by atoms with Gasteiger partial charge >= 0.3 is 0 Å². The number of hydrogen-bond acceptors (Lipinski definition) is 8. The van der Waals surface area contributed by atoms with Gasteiger partial charge in [-0.15, -0.1) is 4.73 Å². The van der Waals surface area contributed by atoms with Crippen molar-refractivity contribution in [3.8, 4) is 0 Å². The van der Waals surface area contributed by atoms with E-state index in [1.165, 1.54) is 17.4 Å². The Morgan fingerprint density at radius 1 is 1.50 bits per heavy atom. The molecule has 3 N–H and O–H groups in total. The quantitative estimate of drug-likeness (QED) is 0.680. The highest BCUT2D eigenvalue weighted by atomic mass is 16.9. The molecule has 3 heterocycles. The molecular formula is C9H11N5O4. The van der Waals surface area contributed by atoms with Crippen LogP contribution in [0.3, 0.4) is 0 Å². The first kappa shape index (κ1) is 11.1. The predicted molar refractivity (Wildman–Crippen MR) is 58.0 cm³/mol. The van der Waals surface area contributed by atoms with Gasteiger partial charge in [0.1, 0.15) is 19.3 Å². The van der Waals surface area contributed by atoms with E-state index in [0.29, 0.717) is 11.2 Å². The molecule has 0 aliphatic carbocycles. The Morgan fingerprint density at radius 2 is 2.39 bits per heavy atom. The maximum absolute atomic E-state index is 8.86. The van der Waals surface area contributed by atoms with Gasteiger partial charge in [0.25, 0.3) is 6.29 Å². The summed E-state index contributed by atoms with van der Waals surface area (Å²) in [6.45, 7) is -0.00881. The largest absolute Gasteiger partial charge is 0.391 e. The molecule has 0 bridgehead atoms. The maximum Gasteiger partial charge on any atom is 0.250 e. The second kappa shape index (κ2) is 4.37. The summed E-state index contributed by atoms with van der Waals surface area (Å²) in [5.74, 6) is 0.277. The van der Waals surface area contributed by atoms with Crippen LogP contribution in [0.1, 0.15) is 0 Å². The number of fused-ring (bicyclic) bond motifs is 1. The summed E-state index contributed by atoms with van der Waals surface area (Å²) in [5, 5.41) is 8.86. The number of aliphatic hydroxyl groups excluding tert-OH is 1. The van der Waals surface area contributed by atoms with Gasteiger partial charge in [0, 0.05) is 0 Å². The fourth-order valence-corrected chi connectivity index (χ4v) is 1.62. The van der Waals surface area contributed by atoms with Crippen LogP contribution in [0.25, 0.3) is 11.2 Å². The van der Waals surface area contributed by atoms with Crippen LogP contribution < -0.4 is 10.6 Å². The van der Waals surface area contributed by atoms with Gasteiger partial charge in [-0.1, -0.05) is 0 Å². The number of nitrogens with two attached hydrogens (primary N) is 1. The van der Waals surface area contributed by atoms with E-state index in [-0.39, 0.29) is 19.0 Å². The van der Waals surface area contributed by atoms with E-state index in [2.05, 4.69) is 15.0 Å². The summed E-state index contributed by atoms with van der Waals surface area (Å²) in [7, 11) is 0. The molecule has 1 saturated heterocycles. The Labute approximate surface area is 101 Å². The lowest BCUT2D eigenvalue weighted by molar-refractivity contribution is -0.155. The topological polar surface area (TPSA) is 118 Å². The van der Waals surface area contributed by atoms with Gasteiger partial charge in [-0.05, 0) is 0 Å². The number of ether oxygens (including phenoxy) is 2. The third-order valence-electron chi connectivity index (χ3n) is 2.43. The lowest BCUT2D eigenvalue weighted by Gasteiger charge is -2.12. The van der Waals surface area contributed by atoms with E-state index in [1.807, 2.05) is 0 Å². The maximum atomic E-state index is 8.86. The van der Waals surface area contributed by atoms with Gasteiger partial charge in [-0.2, -0.15) is 0 Å².